The Morgan fingerprint density at radius 2 is 1.95 bits per heavy atom. The molecule has 0 fully saturated rings. The van der Waals surface area contributed by atoms with Gasteiger partial charge in [-0.15, -0.1) is 10.2 Å². The minimum absolute atomic E-state index is 0.372. The lowest BCUT2D eigenvalue weighted by atomic mass is 10.3. The highest BCUT2D eigenvalue weighted by molar-refractivity contribution is 7.99. The van der Waals surface area contributed by atoms with Crippen LogP contribution in [0, 0.1) is 0 Å². The average molecular weight is 306 g/mol. The Labute approximate surface area is 130 Å². The van der Waals surface area contributed by atoms with Crippen molar-refractivity contribution in [3.05, 3.63) is 30.1 Å². The standard InChI is InChI=1S/C14H22N6S/c1-5-21-14-15-6-12(7-16-14)8-19(4)9-13-18-17-10-20(13)11(2)3/h6-7,10-11H,5,8-9H2,1-4H3. The smallest absolute Gasteiger partial charge is 0.187 e. The average Bonchev–Trinajstić information content (AvgIpc) is 2.89. The van der Waals surface area contributed by atoms with Gasteiger partial charge in [0.15, 0.2) is 5.16 Å². The van der Waals surface area contributed by atoms with Crippen molar-refractivity contribution in [2.75, 3.05) is 12.8 Å². The number of thioether (sulfide) groups is 1. The second kappa shape index (κ2) is 7.51. The third-order valence-corrected chi connectivity index (χ3v) is 3.78. The van der Waals surface area contributed by atoms with Gasteiger partial charge in [-0.3, -0.25) is 4.90 Å². The lowest BCUT2D eigenvalue weighted by molar-refractivity contribution is 0.301. The zero-order valence-corrected chi connectivity index (χ0v) is 13.8. The van der Waals surface area contributed by atoms with E-state index in [0.717, 1.165) is 35.4 Å². The Morgan fingerprint density at radius 3 is 2.57 bits per heavy atom. The fourth-order valence-electron chi connectivity index (χ4n) is 2.05. The van der Waals surface area contributed by atoms with Crippen molar-refractivity contribution in [3.63, 3.8) is 0 Å². The van der Waals surface area contributed by atoms with Crippen LogP contribution in [0.25, 0.3) is 0 Å². The molecule has 0 spiro atoms. The van der Waals surface area contributed by atoms with Gasteiger partial charge in [-0.2, -0.15) is 0 Å². The largest absolute Gasteiger partial charge is 0.314 e. The van der Waals surface area contributed by atoms with Crippen molar-refractivity contribution in [3.8, 4) is 0 Å². The highest BCUT2D eigenvalue weighted by Gasteiger charge is 2.10. The number of nitrogens with zero attached hydrogens (tertiary/aromatic N) is 6. The molecule has 6 nitrogen and oxygen atoms in total. The zero-order valence-electron chi connectivity index (χ0n) is 13.0. The van der Waals surface area contributed by atoms with E-state index >= 15 is 0 Å². The first-order valence-corrected chi connectivity index (χ1v) is 8.09. The monoisotopic (exact) mass is 306 g/mol. The molecule has 0 amide bonds. The van der Waals surface area contributed by atoms with Crippen LogP contribution in [-0.2, 0) is 13.1 Å². The van der Waals surface area contributed by atoms with Crippen LogP contribution < -0.4 is 0 Å². The van der Waals surface area contributed by atoms with Gasteiger partial charge in [0.2, 0.25) is 0 Å². The third-order valence-electron chi connectivity index (χ3n) is 3.02. The van der Waals surface area contributed by atoms with Crippen molar-refractivity contribution < 1.29 is 0 Å². The highest BCUT2D eigenvalue weighted by Crippen LogP contribution is 2.13. The topological polar surface area (TPSA) is 59.7 Å². The molecular formula is C14H22N6S. The van der Waals surface area contributed by atoms with Gasteiger partial charge in [-0.05, 0) is 26.6 Å². The van der Waals surface area contributed by atoms with Crippen molar-refractivity contribution in [2.45, 2.75) is 45.1 Å². The first-order valence-electron chi connectivity index (χ1n) is 7.10. The summed E-state index contributed by atoms with van der Waals surface area (Å²) in [5, 5.41) is 9.03. The quantitative estimate of drug-likeness (QED) is 0.578. The van der Waals surface area contributed by atoms with Crippen LogP contribution in [0.4, 0.5) is 0 Å². The van der Waals surface area contributed by atoms with Crippen LogP contribution in [0.1, 0.15) is 38.2 Å². The van der Waals surface area contributed by atoms with Gasteiger partial charge in [-0.1, -0.05) is 18.7 Å². The molecule has 0 bridgehead atoms. The van der Waals surface area contributed by atoms with Crippen molar-refractivity contribution in [2.24, 2.45) is 0 Å². The molecule has 21 heavy (non-hydrogen) atoms. The van der Waals surface area contributed by atoms with Crippen LogP contribution in [0.2, 0.25) is 0 Å². The Bertz CT molecular complexity index is 551. The van der Waals surface area contributed by atoms with Crippen molar-refractivity contribution in [1.82, 2.24) is 29.6 Å². The molecule has 0 saturated heterocycles. The fraction of sp³-hybridized carbons (Fsp3) is 0.571. The number of aromatic nitrogens is 5. The van der Waals surface area contributed by atoms with Gasteiger partial charge < -0.3 is 4.57 Å². The highest BCUT2D eigenvalue weighted by atomic mass is 32.2. The van der Waals surface area contributed by atoms with E-state index < -0.39 is 0 Å². The summed E-state index contributed by atoms with van der Waals surface area (Å²) in [6, 6.07) is 0.372. The second-order valence-electron chi connectivity index (χ2n) is 5.23. The Hall–Kier alpha value is -1.47. The summed E-state index contributed by atoms with van der Waals surface area (Å²) < 4.78 is 2.09. The van der Waals surface area contributed by atoms with E-state index in [1.54, 1.807) is 18.1 Å². The van der Waals surface area contributed by atoms with Gasteiger partial charge in [0.25, 0.3) is 0 Å². The molecule has 0 unspecified atom stereocenters. The Balaban J connectivity index is 1.94. The molecule has 7 heteroatoms. The normalized spacial score (nSPS) is 11.5. The van der Waals surface area contributed by atoms with E-state index in [1.807, 2.05) is 12.4 Å². The predicted octanol–water partition coefficient (Wildman–Crippen LogP) is 2.39. The molecule has 2 aromatic rings. The summed E-state index contributed by atoms with van der Waals surface area (Å²) in [5.41, 5.74) is 1.11. The van der Waals surface area contributed by atoms with E-state index in [0.29, 0.717) is 6.04 Å². The molecule has 0 aliphatic carbocycles. The molecule has 0 aromatic carbocycles. The van der Waals surface area contributed by atoms with Crippen LogP contribution in [0.15, 0.2) is 23.9 Å². The van der Waals surface area contributed by atoms with Crippen molar-refractivity contribution in [1.29, 1.82) is 0 Å². The van der Waals surface area contributed by atoms with E-state index in [-0.39, 0.29) is 0 Å². The Morgan fingerprint density at radius 1 is 1.24 bits per heavy atom. The summed E-state index contributed by atoms with van der Waals surface area (Å²) in [6.07, 6.45) is 5.58. The SMILES string of the molecule is CCSc1ncc(CN(C)Cc2nncn2C(C)C)cn1. The lowest BCUT2D eigenvalue weighted by Gasteiger charge is -2.17. The van der Waals surface area contributed by atoms with E-state index in [9.17, 15) is 0 Å². The minimum Gasteiger partial charge on any atom is -0.314 e. The molecule has 0 radical (unpaired) electrons. The second-order valence-corrected chi connectivity index (χ2v) is 6.46. The van der Waals surface area contributed by atoms with Gasteiger partial charge in [0.05, 0.1) is 6.54 Å². The first-order chi connectivity index (χ1) is 10.1. The van der Waals surface area contributed by atoms with Crippen LogP contribution >= 0.6 is 11.8 Å². The fourth-order valence-corrected chi connectivity index (χ4v) is 2.56. The van der Waals surface area contributed by atoms with Crippen LogP contribution in [-0.4, -0.2) is 42.4 Å². The zero-order chi connectivity index (χ0) is 15.2. The third kappa shape index (κ3) is 4.50. The maximum Gasteiger partial charge on any atom is 0.187 e. The van der Waals surface area contributed by atoms with E-state index in [4.69, 9.17) is 0 Å². The van der Waals surface area contributed by atoms with E-state index in [1.165, 1.54) is 0 Å². The molecule has 0 N–H and O–H groups in total. The molecular weight excluding hydrogens is 284 g/mol. The minimum atomic E-state index is 0.372. The van der Waals surface area contributed by atoms with Crippen LogP contribution in [0.5, 0.6) is 0 Å². The summed E-state index contributed by atoms with van der Waals surface area (Å²) in [6.45, 7) is 7.90. The maximum absolute atomic E-state index is 4.36. The molecule has 0 saturated carbocycles. The van der Waals surface area contributed by atoms with Gasteiger partial charge in [0.1, 0.15) is 12.2 Å². The molecule has 0 aliphatic rings. The summed E-state index contributed by atoms with van der Waals surface area (Å²) in [5.74, 6) is 1.97. The molecule has 2 aromatic heterocycles. The van der Waals surface area contributed by atoms with E-state index in [2.05, 4.69) is 57.5 Å². The molecule has 2 heterocycles. The lowest BCUT2D eigenvalue weighted by Crippen LogP contribution is -2.21. The molecule has 0 aliphatic heterocycles. The summed E-state index contributed by atoms with van der Waals surface area (Å²) in [7, 11) is 2.06. The predicted molar refractivity (Wildman–Crippen MR) is 84.0 cm³/mol. The number of rotatable bonds is 7. The molecule has 2 rings (SSSR count). The Kier molecular flexibility index (Phi) is 5.69. The summed E-state index contributed by atoms with van der Waals surface area (Å²) in [4.78, 5) is 10.9. The molecule has 114 valence electrons. The summed E-state index contributed by atoms with van der Waals surface area (Å²) >= 11 is 1.65. The van der Waals surface area contributed by atoms with Crippen LogP contribution in [0.3, 0.4) is 0 Å². The first kappa shape index (κ1) is 15.9. The van der Waals surface area contributed by atoms with Gasteiger partial charge >= 0.3 is 0 Å². The van der Waals surface area contributed by atoms with Gasteiger partial charge in [-0.25, -0.2) is 9.97 Å². The maximum atomic E-state index is 4.36. The molecule has 0 atom stereocenters. The number of hydrogen-bond donors (Lipinski definition) is 0. The number of hydrogen-bond acceptors (Lipinski definition) is 6. The van der Waals surface area contributed by atoms with Gasteiger partial charge in [0, 0.05) is 30.5 Å². The van der Waals surface area contributed by atoms with Crippen molar-refractivity contribution >= 4 is 11.8 Å².